The van der Waals surface area contributed by atoms with Gasteiger partial charge in [-0.1, -0.05) is 49.4 Å². The van der Waals surface area contributed by atoms with Crippen LogP contribution in [0.15, 0.2) is 48.5 Å². The zero-order chi connectivity index (χ0) is 18.3. The summed E-state index contributed by atoms with van der Waals surface area (Å²) in [5, 5.41) is 0. The van der Waals surface area contributed by atoms with E-state index in [2.05, 4.69) is 19.1 Å². The minimum absolute atomic E-state index is 0.00579. The molecule has 0 radical (unpaired) electrons. The van der Waals surface area contributed by atoms with Crippen LogP contribution in [0.2, 0.25) is 0 Å². The largest absolute Gasteiger partial charge is 0.315 e. The van der Waals surface area contributed by atoms with Crippen molar-refractivity contribution < 1.29 is 9.59 Å². The summed E-state index contributed by atoms with van der Waals surface area (Å²) in [6.07, 6.45) is 0.412. The molecule has 2 aliphatic rings. The van der Waals surface area contributed by atoms with Crippen LogP contribution in [-0.2, 0) is 21.0 Å². The highest BCUT2D eigenvalue weighted by molar-refractivity contribution is 8.01. The van der Waals surface area contributed by atoms with Gasteiger partial charge in [0.05, 0.1) is 12.2 Å². The summed E-state index contributed by atoms with van der Waals surface area (Å²) < 4.78 is 0. The van der Waals surface area contributed by atoms with Crippen LogP contribution in [0.25, 0.3) is 0 Å². The molecule has 0 saturated carbocycles. The lowest BCUT2D eigenvalue weighted by molar-refractivity contribution is -0.139. The first kappa shape index (κ1) is 17.2. The number of benzene rings is 2. The smallest absolute Gasteiger partial charge is 0.268 e. The third-order valence-corrected chi connectivity index (χ3v) is 6.71. The highest BCUT2D eigenvalue weighted by atomic mass is 32.2. The normalized spacial score (nSPS) is 21.5. The first-order valence-electron chi connectivity index (χ1n) is 9.00. The first-order valence-corrected chi connectivity index (χ1v) is 9.98. The second-order valence-corrected chi connectivity index (χ2v) is 8.01. The van der Waals surface area contributed by atoms with Crippen LogP contribution in [0, 0.1) is 6.92 Å². The summed E-state index contributed by atoms with van der Waals surface area (Å²) >= 11 is 1.59. The molecule has 0 aliphatic carbocycles. The van der Waals surface area contributed by atoms with E-state index in [1.165, 1.54) is 5.56 Å². The Kier molecular flexibility index (Phi) is 4.27. The van der Waals surface area contributed by atoms with Gasteiger partial charge < -0.3 is 9.80 Å². The minimum Gasteiger partial charge on any atom is -0.315 e. The van der Waals surface area contributed by atoms with E-state index in [0.717, 1.165) is 22.6 Å². The molecule has 5 heteroatoms. The average Bonchev–Trinajstić information content (AvgIpc) is 3.20. The number of hydrogen-bond acceptors (Lipinski definition) is 3. The van der Waals surface area contributed by atoms with Crippen LogP contribution in [-0.4, -0.2) is 29.0 Å². The molecular formula is C21H22N2O2S. The van der Waals surface area contributed by atoms with Crippen LogP contribution in [0.1, 0.15) is 30.0 Å². The first-order chi connectivity index (χ1) is 12.6. The van der Waals surface area contributed by atoms with Crippen LogP contribution < -0.4 is 4.90 Å². The lowest BCUT2D eigenvalue weighted by Gasteiger charge is -2.33. The fourth-order valence-corrected chi connectivity index (χ4v) is 5.41. The Morgan fingerprint density at radius 2 is 1.88 bits per heavy atom. The summed E-state index contributed by atoms with van der Waals surface area (Å²) in [7, 11) is 0. The molecule has 2 aromatic rings. The molecule has 0 aromatic heterocycles. The predicted molar refractivity (Wildman–Crippen MR) is 105 cm³/mol. The Morgan fingerprint density at radius 3 is 2.65 bits per heavy atom. The maximum atomic E-state index is 13.6. The Hall–Kier alpha value is -2.27. The second-order valence-electron chi connectivity index (χ2n) is 6.73. The van der Waals surface area contributed by atoms with Crippen molar-refractivity contribution in [3.05, 3.63) is 65.2 Å². The number of carbonyl (C=O) groups excluding carboxylic acids is 2. The molecule has 4 rings (SSSR count). The van der Waals surface area contributed by atoms with Gasteiger partial charge in [-0.15, -0.1) is 11.8 Å². The van der Waals surface area contributed by atoms with Gasteiger partial charge in [0.15, 0.2) is 4.87 Å². The van der Waals surface area contributed by atoms with Gasteiger partial charge in [0.25, 0.3) is 5.91 Å². The van der Waals surface area contributed by atoms with Crippen molar-refractivity contribution in [2.24, 2.45) is 0 Å². The molecule has 1 atom stereocenters. The quantitative estimate of drug-likeness (QED) is 0.832. The molecule has 2 aliphatic heterocycles. The SMILES string of the molecule is CCC(=O)N1CCS[C@@]12C(=O)N(Cc1ccccc1C)c1ccccc12. The molecule has 0 N–H and O–H groups in total. The number of hydrogen-bond donors (Lipinski definition) is 0. The highest BCUT2D eigenvalue weighted by Gasteiger charge is 2.58. The van der Waals surface area contributed by atoms with E-state index in [4.69, 9.17) is 0 Å². The van der Waals surface area contributed by atoms with Crippen molar-refractivity contribution in [2.45, 2.75) is 31.7 Å². The van der Waals surface area contributed by atoms with E-state index in [0.29, 0.717) is 19.5 Å². The number of nitrogens with zero attached hydrogens (tertiary/aromatic N) is 2. The van der Waals surface area contributed by atoms with Crippen molar-refractivity contribution in [2.75, 3.05) is 17.2 Å². The Bertz CT molecular complexity index is 882. The summed E-state index contributed by atoms with van der Waals surface area (Å²) in [5.74, 6) is 0.825. The fourth-order valence-electron chi connectivity index (χ4n) is 3.93. The molecule has 1 fully saturated rings. The monoisotopic (exact) mass is 366 g/mol. The van der Waals surface area contributed by atoms with Crippen molar-refractivity contribution in [3.63, 3.8) is 0 Å². The molecule has 4 nitrogen and oxygen atoms in total. The molecule has 0 bridgehead atoms. The number of rotatable bonds is 3. The Labute approximate surface area is 158 Å². The van der Waals surface area contributed by atoms with E-state index >= 15 is 0 Å². The van der Waals surface area contributed by atoms with E-state index in [1.54, 1.807) is 16.7 Å². The molecule has 2 heterocycles. The van der Waals surface area contributed by atoms with Gasteiger partial charge in [-0.3, -0.25) is 9.59 Å². The van der Waals surface area contributed by atoms with Gasteiger partial charge in [-0.25, -0.2) is 0 Å². The number of carbonyl (C=O) groups is 2. The number of anilines is 1. The van der Waals surface area contributed by atoms with Crippen molar-refractivity contribution >= 4 is 29.3 Å². The number of thioether (sulfide) groups is 1. The van der Waals surface area contributed by atoms with Crippen LogP contribution in [0.4, 0.5) is 5.69 Å². The van der Waals surface area contributed by atoms with E-state index < -0.39 is 4.87 Å². The fraction of sp³-hybridized carbons (Fsp3) is 0.333. The van der Waals surface area contributed by atoms with E-state index in [1.807, 2.05) is 48.2 Å². The maximum absolute atomic E-state index is 13.6. The number of para-hydroxylation sites is 1. The molecule has 1 spiro atoms. The third-order valence-electron chi connectivity index (χ3n) is 5.29. The predicted octanol–water partition coefficient (Wildman–Crippen LogP) is 3.68. The van der Waals surface area contributed by atoms with Gasteiger partial charge in [0.1, 0.15) is 0 Å². The third kappa shape index (κ3) is 2.37. The van der Waals surface area contributed by atoms with E-state index in [-0.39, 0.29) is 11.8 Å². The summed E-state index contributed by atoms with van der Waals surface area (Å²) in [6.45, 7) is 5.07. The van der Waals surface area contributed by atoms with Gasteiger partial charge >= 0.3 is 0 Å². The van der Waals surface area contributed by atoms with Crippen LogP contribution in [0.5, 0.6) is 0 Å². The molecule has 2 aromatic carbocycles. The zero-order valence-electron chi connectivity index (χ0n) is 15.1. The molecule has 26 heavy (non-hydrogen) atoms. The standard InChI is InChI=1S/C21H22N2O2S/c1-3-19(24)23-12-13-26-21(23)17-10-6-7-11-18(17)22(20(21)25)14-16-9-5-4-8-15(16)2/h4-11H,3,12-14H2,1-2H3/t21-/m0/s1. The zero-order valence-corrected chi connectivity index (χ0v) is 15.9. The van der Waals surface area contributed by atoms with E-state index in [9.17, 15) is 9.59 Å². The van der Waals surface area contributed by atoms with Gasteiger partial charge in [0.2, 0.25) is 5.91 Å². The Balaban J connectivity index is 1.81. The topological polar surface area (TPSA) is 40.6 Å². The number of fused-ring (bicyclic) bond motifs is 2. The van der Waals surface area contributed by atoms with Gasteiger partial charge in [0, 0.05) is 24.3 Å². The highest BCUT2D eigenvalue weighted by Crippen LogP contribution is 2.54. The maximum Gasteiger partial charge on any atom is 0.268 e. The van der Waals surface area contributed by atoms with Crippen molar-refractivity contribution in [1.29, 1.82) is 0 Å². The molecule has 134 valence electrons. The lowest BCUT2D eigenvalue weighted by atomic mass is 10.1. The summed E-state index contributed by atoms with van der Waals surface area (Å²) in [6, 6.07) is 16.0. The minimum atomic E-state index is -0.896. The van der Waals surface area contributed by atoms with Crippen molar-refractivity contribution in [3.8, 4) is 0 Å². The summed E-state index contributed by atoms with van der Waals surface area (Å²) in [4.78, 5) is 29.0. The summed E-state index contributed by atoms with van der Waals surface area (Å²) in [5.41, 5.74) is 4.16. The number of aryl methyl sites for hydroxylation is 1. The lowest BCUT2D eigenvalue weighted by Crippen LogP contribution is -2.50. The van der Waals surface area contributed by atoms with Crippen LogP contribution in [0.3, 0.4) is 0 Å². The molecule has 2 amide bonds. The van der Waals surface area contributed by atoms with Crippen LogP contribution >= 0.6 is 11.8 Å². The van der Waals surface area contributed by atoms with Gasteiger partial charge in [-0.05, 0) is 24.1 Å². The second kappa shape index (κ2) is 6.47. The van der Waals surface area contributed by atoms with Gasteiger partial charge in [-0.2, -0.15) is 0 Å². The number of amides is 2. The molecule has 0 unspecified atom stereocenters. The molecular weight excluding hydrogens is 344 g/mol. The average molecular weight is 366 g/mol. The Morgan fingerprint density at radius 1 is 1.15 bits per heavy atom. The molecule has 1 saturated heterocycles. The van der Waals surface area contributed by atoms with Crippen molar-refractivity contribution in [1.82, 2.24) is 4.90 Å².